The van der Waals surface area contributed by atoms with Crippen LogP contribution < -0.4 is 5.32 Å². The number of carbonyl (C=O) groups is 1. The van der Waals surface area contributed by atoms with Crippen molar-refractivity contribution >= 4 is 5.97 Å². The van der Waals surface area contributed by atoms with Crippen LogP contribution in [0.4, 0.5) is 4.39 Å². The number of carbonyl (C=O) groups excluding carboxylic acids is 1. The Labute approximate surface area is 114 Å². The average Bonchev–Trinajstić information content (AvgIpc) is 2.37. The second kappa shape index (κ2) is 8.64. The molecule has 0 saturated heterocycles. The zero-order valence-corrected chi connectivity index (χ0v) is 11.6. The lowest BCUT2D eigenvalue weighted by Gasteiger charge is -2.07. The van der Waals surface area contributed by atoms with Gasteiger partial charge in [-0.05, 0) is 50.0 Å². The summed E-state index contributed by atoms with van der Waals surface area (Å²) in [6.07, 6.45) is 1.90. The van der Waals surface area contributed by atoms with Crippen LogP contribution in [0.3, 0.4) is 0 Å². The second-order valence-electron chi connectivity index (χ2n) is 4.93. The highest BCUT2D eigenvalue weighted by molar-refractivity contribution is 5.89. The third-order valence-electron chi connectivity index (χ3n) is 2.69. The quantitative estimate of drug-likeness (QED) is 0.581. The molecule has 4 heteroatoms. The zero-order valence-electron chi connectivity index (χ0n) is 11.6. The van der Waals surface area contributed by atoms with Gasteiger partial charge in [-0.3, -0.25) is 0 Å². The molecule has 106 valence electrons. The number of hydrogen-bond donors (Lipinski definition) is 1. The molecule has 0 radical (unpaired) electrons. The molecular weight excluding hydrogens is 245 g/mol. The topological polar surface area (TPSA) is 38.3 Å². The summed E-state index contributed by atoms with van der Waals surface area (Å²) >= 11 is 0. The largest absolute Gasteiger partial charge is 0.462 e. The lowest BCUT2D eigenvalue weighted by atomic mass is 10.1. The van der Waals surface area contributed by atoms with Gasteiger partial charge < -0.3 is 10.1 Å². The minimum absolute atomic E-state index is 0.257. The molecule has 0 aliphatic rings. The van der Waals surface area contributed by atoms with Gasteiger partial charge >= 0.3 is 5.97 Å². The van der Waals surface area contributed by atoms with Crippen molar-refractivity contribution in [2.45, 2.75) is 26.7 Å². The van der Waals surface area contributed by atoms with E-state index in [2.05, 4.69) is 19.2 Å². The van der Waals surface area contributed by atoms with E-state index in [0.29, 0.717) is 12.5 Å². The molecule has 3 nitrogen and oxygen atoms in total. The normalized spacial score (nSPS) is 10.7. The Kier molecular flexibility index (Phi) is 7.11. The summed E-state index contributed by atoms with van der Waals surface area (Å²) < 4.78 is 18.0. The molecule has 1 rings (SSSR count). The van der Waals surface area contributed by atoms with Crippen molar-refractivity contribution in [1.29, 1.82) is 0 Å². The third-order valence-corrected chi connectivity index (χ3v) is 2.69. The molecule has 0 saturated carbocycles. The highest BCUT2D eigenvalue weighted by Crippen LogP contribution is 2.05. The van der Waals surface area contributed by atoms with Crippen LogP contribution in [-0.2, 0) is 4.74 Å². The maximum Gasteiger partial charge on any atom is 0.338 e. The molecule has 1 aromatic rings. The molecule has 0 unspecified atom stereocenters. The van der Waals surface area contributed by atoms with Gasteiger partial charge in [0.1, 0.15) is 5.82 Å². The number of hydrogen-bond acceptors (Lipinski definition) is 3. The van der Waals surface area contributed by atoms with Gasteiger partial charge in [-0.25, -0.2) is 9.18 Å². The van der Waals surface area contributed by atoms with Gasteiger partial charge in [-0.15, -0.1) is 0 Å². The van der Waals surface area contributed by atoms with Gasteiger partial charge in [0.25, 0.3) is 0 Å². The Morgan fingerprint density at radius 3 is 2.84 bits per heavy atom. The van der Waals surface area contributed by atoms with E-state index in [1.807, 2.05) is 0 Å². The molecule has 0 spiro atoms. The van der Waals surface area contributed by atoms with Gasteiger partial charge in [0, 0.05) is 0 Å². The lowest BCUT2D eigenvalue weighted by Crippen LogP contribution is -2.20. The van der Waals surface area contributed by atoms with Gasteiger partial charge in [0.15, 0.2) is 0 Å². The van der Waals surface area contributed by atoms with Crippen molar-refractivity contribution in [3.05, 3.63) is 35.6 Å². The summed E-state index contributed by atoms with van der Waals surface area (Å²) in [5, 5.41) is 3.29. The lowest BCUT2D eigenvalue weighted by molar-refractivity contribution is 0.0500. The number of rotatable bonds is 8. The SMILES string of the molecule is CC(C)CCNCCCOC(=O)c1cccc(F)c1. The number of ether oxygens (including phenoxy) is 1. The van der Waals surface area contributed by atoms with Crippen molar-refractivity contribution in [2.24, 2.45) is 5.92 Å². The summed E-state index contributed by atoms with van der Waals surface area (Å²) in [5.41, 5.74) is 0.257. The first-order chi connectivity index (χ1) is 9.09. The number of benzene rings is 1. The van der Waals surface area contributed by atoms with E-state index in [-0.39, 0.29) is 5.56 Å². The first kappa shape index (κ1) is 15.6. The predicted octanol–water partition coefficient (Wildman–Crippen LogP) is 3.01. The fraction of sp³-hybridized carbons (Fsp3) is 0.533. The second-order valence-corrected chi connectivity index (χ2v) is 4.93. The van der Waals surface area contributed by atoms with Gasteiger partial charge in [-0.2, -0.15) is 0 Å². The van der Waals surface area contributed by atoms with E-state index in [1.165, 1.54) is 18.2 Å². The highest BCUT2D eigenvalue weighted by Gasteiger charge is 2.07. The minimum atomic E-state index is -0.471. The van der Waals surface area contributed by atoms with Crippen LogP contribution in [0.5, 0.6) is 0 Å². The number of esters is 1. The van der Waals surface area contributed by atoms with Crippen LogP contribution in [0, 0.1) is 11.7 Å². The number of nitrogens with one attached hydrogen (secondary N) is 1. The van der Waals surface area contributed by atoms with Crippen LogP contribution in [-0.4, -0.2) is 25.7 Å². The summed E-state index contributed by atoms with van der Waals surface area (Å²) in [7, 11) is 0. The van der Waals surface area contributed by atoms with Crippen LogP contribution in [0.15, 0.2) is 24.3 Å². The van der Waals surface area contributed by atoms with Gasteiger partial charge in [-0.1, -0.05) is 19.9 Å². The number of halogens is 1. The standard InChI is InChI=1S/C15H22FNO2/c1-12(2)7-9-17-8-4-10-19-15(18)13-5-3-6-14(16)11-13/h3,5-6,11-12,17H,4,7-10H2,1-2H3. The fourth-order valence-corrected chi connectivity index (χ4v) is 1.58. The Balaban J connectivity index is 2.11. The molecule has 1 aromatic carbocycles. The first-order valence-corrected chi connectivity index (χ1v) is 6.73. The van der Waals surface area contributed by atoms with E-state index in [4.69, 9.17) is 4.74 Å². The van der Waals surface area contributed by atoms with Crippen molar-refractivity contribution in [2.75, 3.05) is 19.7 Å². The fourth-order valence-electron chi connectivity index (χ4n) is 1.58. The Morgan fingerprint density at radius 2 is 2.16 bits per heavy atom. The van der Waals surface area contributed by atoms with Crippen molar-refractivity contribution in [3.63, 3.8) is 0 Å². The summed E-state index contributed by atoms with van der Waals surface area (Å²) in [6.45, 7) is 6.52. The van der Waals surface area contributed by atoms with Crippen LogP contribution >= 0.6 is 0 Å². The Bertz CT molecular complexity index is 393. The summed E-state index contributed by atoms with van der Waals surface area (Å²) in [5.74, 6) is -0.204. The van der Waals surface area contributed by atoms with Crippen LogP contribution in [0.25, 0.3) is 0 Å². The highest BCUT2D eigenvalue weighted by atomic mass is 19.1. The summed E-state index contributed by atoms with van der Waals surface area (Å²) in [6, 6.07) is 5.53. The molecule has 0 aromatic heterocycles. The van der Waals surface area contributed by atoms with Gasteiger partial charge in [0.2, 0.25) is 0 Å². The summed E-state index contributed by atoms with van der Waals surface area (Å²) in [4.78, 5) is 11.6. The van der Waals surface area contributed by atoms with E-state index in [1.54, 1.807) is 6.07 Å². The van der Waals surface area contributed by atoms with Gasteiger partial charge in [0.05, 0.1) is 12.2 Å². The first-order valence-electron chi connectivity index (χ1n) is 6.73. The van der Waals surface area contributed by atoms with E-state index in [9.17, 15) is 9.18 Å². The molecular formula is C15H22FNO2. The van der Waals surface area contributed by atoms with E-state index < -0.39 is 11.8 Å². The molecule has 0 fully saturated rings. The van der Waals surface area contributed by atoms with Crippen LogP contribution in [0.2, 0.25) is 0 Å². The Hall–Kier alpha value is -1.42. The smallest absolute Gasteiger partial charge is 0.338 e. The molecule has 0 amide bonds. The molecule has 0 aliphatic carbocycles. The van der Waals surface area contributed by atoms with Crippen molar-refractivity contribution < 1.29 is 13.9 Å². The molecule has 0 bridgehead atoms. The molecule has 0 aliphatic heterocycles. The van der Waals surface area contributed by atoms with Crippen LogP contribution in [0.1, 0.15) is 37.0 Å². The maximum atomic E-state index is 12.9. The van der Waals surface area contributed by atoms with E-state index >= 15 is 0 Å². The molecule has 1 N–H and O–H groups in total. The monoisotopic (exact) mass is 267 g/mol. The zero-order chi connectivity index (χ0) is 14.1. The van der Waals surface area contributed by atoms with Crippen molar-refractivity contribution in [1.82, 2.24) is 5.32 Å². The Morgan fingerprint density at radius 1 is 1.37 bits per heavy atom. The predicted molar refractivity (Wildman–Crippen MR) is 73.6 cm³/mol. The van der Waals surface area contributed by atoms with Crippen molar-refractivity contribution in [3.8, 4) is 0 Å². The minimum Gasteiger partial charge on any atom is -0.462 e. The molecule has 0 atom stereocenters. The molecule has 0 heterocycles. The molecule has 19 heavy (non-hydrogen) atoms. The average molecular weight is 267 g/mol. The third kappa shape index (κ3) is 6.91. The maximum absolute atomic E-state index is 12.9. The van der Waals surface area contributed by atoms with E-state index in [0.717, 1.165) is 25.9 Å².